The van der Waals surface area contributed by atoms with Crippen LogP contribution in [0.5, 0.6) is 0 Å². The number of hydrogen-bond donors (Lipinski definition) is 3. The van der Waals surface area contributed by atoms with E-state index in [1.165, 1.54) is 0 Å². The lowest BCUT2D eigenvalue weighted by Crippen LogP contribution is -2.24. The number of nitrogens with two attached hydrogens (primary N) is 2. The first kappa shape index (κ1) is 14.6. The predicted octanol–water partition coefficient (Wildman–Crippen LogP) is 1.23. The summed E-state index contributed by atoms with van der Waals surface area (Å²) in [5, 5.41) is 2.82. The van der Waals surface area contributed by atoms with Crippen molar-refractivity contribution in [2.45, 2.75) is 13.0 Å². The maximum absolute atomic E-state index is 11.8. The Hall–Kier alpha value is -2.82. The van der Waals surface area contributed by atoms with Gasteiger partial charge in [-0.15, -0.1) is 0 Å². The molecule has 0 heterocycles. The van der Waals surface area contributed by atoms with E-state index >= 15 is 0 Å². The van der Waals surface area contributed by atoms with Gasteiger partial charge in [0.05, 0.1) is 6.42 Å². The van der Waals surface area contributed by atoms with Gasteiger partial charge in [0.2, 0.25) is 11.8 Å². The van der Waals surface area contributed by atoms with Crippen LogP contribution in [0.4, 0.5) is 5.69 Å². The van der Waals surface area contributed by atoms with Crippen molar-refractivity contribution in [3.05, 3.63) is 65.2 Å². The summed E-state index contributed by atoms with van der Waals surface area (Å²) in [7, 11) is 0. The van der Waals surface area contributed by atoms with Crippen LogP contribution in [0.2, 0.25) is 0 Å². The van der Waals surface area contributed by atoms with Crippen LogP contribution in [0.3, 0.4) is 0 Å². The minimum atomic E-state index is -0.464. The number of anilines is 1. The number of carbonyl (C=O) groups excluding carboxylic acids is 2. The van der Waals surface area contributed by atoms with Crippen LogP contribution in [-0.2, 0) is 17.8 Å². The molecule has 2 rings (SSSR count). The van der Waals surface area contributed by atoms with Gasteiger partial charge >= 0.3 is 0 Å². The molecule has 0 radical (unpaired) electrons. The summed E-state index contributed by atoms with van der Waals surface area (Å²) in [6.45, 7) is 0.410. The summed E-state index contributed by atoms with van der Waals surface area (Å²) in [4.78, 5) is 22.8. The first-order valence-electron chi connectivity index (χ1n) is 6.54. The van der Waals surface area contributed by atoms with Crippen molar-refractivity contribution in [1.29, 1.82) is 0 Å². The lowest BCUT2D eigenvalue weighted by molar-refractivity contribution is -0.120. The maximum atomic E-state index is 11.8. The highest BCUT2D eigenvalue weighted by Crippen LogP contribution is 2.07. The maximum Gasteiger partial charge on any atom is 0.248 e. The van der Waals surface area contributed by atoms with Gasteiger partial charge in [0.1, 0.15) is 0 Å². The van der Waals surface area contributed by atoms with E-state index < -0.39 is 5.91 Å². The molecule has 0 aliphatic heterocycles. The fourth-order valence-corrected chi connectivity index (χ4v) is 1.87. The van der Waals surface area contributed by atoms with Crippen molar-refractivity contribution in [1.82, 2.24) is 5.32 Å². The number of nitrogens with one attached hydrogen (secondary N) is 1. The monoisotopic (exact) mass is 283 g/mol. The molecule has 0 saturated heterocycles. The van der Waals surface area contributed by atoms with Gasteiger partial charge < -0.3 is 16.8 Å². The van der Waals surface area contributed by atoms with Gasteiger partial charge in [0.25, 0.3) is 0 Å². The van der Waals surface area contributed by atoms with E-state index in [2.05, 4.69) is 5.32 Å². The number of hydrogen-bond acceptors (Lipinski definition) is 3. The van der Waals surface area contributed by atoms with E-state index in [0.29, 0.717) is 24.2 Å². The average Bonchev–Trinajstić information content (AvgIpc) is 2.48. The Morgan fingerprint density at radius 3 is 2.05 bits per heavy atom. The highest BCUT2D eigenvalue weighted by atomic mass is 16.1. The lowest BCUT2D eigenvalue weighted by atomic mass is 10.1. The molecule has 108 valence electrons. The quantitative estimate of drug-likeness (QED) is 0.720. The topological polar surface area (TPSA) is 98.2 Å². The van der Waals surface area contributed by atoms with E-state index in [1.807, 2.05) is 12.1 Å². The Morgan fingerprint density at radius 1 is 0.905 bits per heavy atom. The molecular weight excluding hydrogens is 266 g/mol. The fourth-order valence-electron chi connectivity index (χ4n) is 1.87. The molecule has 2 aromatic carbocycles. The van der Waals surface area contributed by atoms with Crippen LogP contribution in [0.15, 0.2) is 48.5 Å². The third kappa shape index (κ3) is 4.35. The number of nitrogen functional groups attached to an aromatic ring is 1. The van der Waals surface area contributed by atoms with E-state index in [1.54, 1.807) is 36.4 Å². The normalized spacial score (nSPS) is 10.1. The molecular formula is C16H17N3O2. The van der Waals surface area contributed by atoms with Crippen LogP contribution in [0, 0.1) is 0 Å². The Bertz CT molecular complexity index is 634. The molecule has 5 N–H and O–H groups in total. The summed E-state index contributed by atoms with van der Waals surface area (Å²) >= 11 is 0. The van der Waals surface area contributed by atoms with Gasteiger partial charge in [-0.05, 0) is 35.4 Å². The van der Waals surface area contributed by atoms with Crippen LogP contribution in [0.1, 0.15) is 21.5 Å². The summed E-state index contributed by atoms with van der Waals surface area (Å²) in [5.41, 5.74) is 13.7. The van der Waals surface area contributed by atoms with Crippen LogP contribution >= 0.6 is 0 Å². The van der Waals surface area contributed by atoms with E-state index in [-0.39, 0.29) is 5.91 Å². The molecule has 0 aliphatic carbocycles. The second-order valence-corrected chi connectivity index (χ2v) is 4.76. The van der Waals surface area contributed by atoms with Crippen molar-refractivity contribution >= 4 is 17.5 Å². The molecule has 0 unspecified atom stereocenters. The highest BCUT2D eigenvalue weighted by molar-refractivity contribution is 5.92. The van der Waals surface area contributed by atoms with Crippen molar-refractivity contribution in [2.75, 3.05) is 5.73 Å². The molecule has 0 aliphatic rings. The molecule has 0 fully saturated rings. The highest BCUT2D eigenvalue weighted by Gasteiger charge is 2.04. The summed E-state index contributed by atoms with van der Waals surface area (Å²) in [6, 6.07) is 14.0. The fraction of sp³-hybridized carbons (Fsp3) is 0.125. The van der Waals surface area contributed by atoms with E-state index in [9.17, 15) is 9.59 Å². The van der Waals surface area contributed by atoms with Gasteiger partial charge in [0, 0.05) is 17.8 Å². The van der Waals surface area contributed by atoms with Crippen molar-refractivity contribution in [3.63, 3.8) is 0 Å². The van der Waals surface area contributed by atoms with Gasteiger partial charge in [-0.2, -0.15) is 0 Å². The Morgan fingerprint density at radius 2 is 1.48 bits per heavy atom. The Labute approximate surface area is 123 Å². The van der Waals surface area contributed by atoms with Gasteiger partial charge in [0.15, 0.2) is 0 Å². The second kappa shape index (κ2) is 6.56. The smallest absolute Gasteiger partial charge is 0.248 e. The molecule has 0 atom stereocenters. The zero-order chi connectivity index (χ0) is 15.2. The van der Waals surface area contributed by atoms with Gasteiger partial charge in [-0.1, -0.05) is 24.3 Å². The zero-order valence-electron chi connectivity index (χ0n) is 11.5. The molecule has 0 saturated carbocycles. The van der Waals surface area contributed by atoms with Gasteiger partial charge in [-0.25, -0.2) is 0 Å². The Balaban J connectivity index is 1.86. The molecule has 0 aromatic heterocycles. The molecule has 5 heteroatoms. The minimum Gasteiger partial charge on any atom is -0.399 e. The summed E-state index contributed by atoms with van der Waals surface area (Å²) < 4.78 is 0. The summed E-state index contributed by atoms with van der Waals surface area (Å²) in [5.74, 6) is -0.535. The largest absolute Gasteiger partial charge is 0.399 e. The first-order valence-corrected chi connectivity index (χ1v) is 6.54. The SMILES string of the molecule is NC(=O)c1ccc(CNC(=O)Cc2ccc(N)cc2)cc1. The first-order chi connectivity index (χ1) is 10.0. The standard InChI is InChI=1S/C16H17N3O2/c17-14-7-3-11(4-8-14)9-15(20)19-10-12-1-5-13(6-2-12)16(18)21/h1-8H,9-10,17H2,(H2,18,21)(H,19,20). The molecule has 5 nitrogen and oxygen atoms in total. The number of primary amides is 1. The number of rotatable bonds is 5. The minimum absolute atomic E-state index is 0.0706. The Kier molecular flexibility index (Phi) is 4.56. The van der Waals surface area contributed by atoms with Crippen molar-refractivity contribution in [3.8, 4) is 0 Å². The van der Waals surface area contributed by atoms with Crippen molar-refractivity contribution < 1.29 is 9.59 Å². The number of carbonyl (C=O) groups is 2. The molecule has 0 spiro atoms. The van der Waals surface area contributed by atoms with E-state index in [0.717, 1.165) is 11.1 Å². The summed E-state index contributed by atoms with van der Waals surface area (Å²) in [6.07, 6.45) is 0.305. The average molecular weight is 283 g/mol. The molecule has 0 bridgehead atoms. The van der Waals surface area contributed by atoms with Crippen LogP contribution in [0.25, 0.3) is 0 Å². The molecule has 2 aromatic rings. The third-order valence-electron chi connectivity index (χ3n) is 3.07. The molecule has 2 amide bonds. The lowest BCUT2D eigenvalue weighted by Gasteiger charge is -2.06. The third-order valence-corrected chi connectivity index (χ3v) is 3.07. The number of amides is 2. The zero-order valence-corrected chi connectivity index (χ0v) is 11.5. The second-order valence-electron chi connectivity index (χ2n) is 4.76. The molecule has 21 heavy (non-hydrogen) atoms. The van der Waals surface area contributed by atoms with Crippen LogP contribution < -0.4 is 16.8 Å². The van der Waals surface area contributed by atoms with E-state index in [4.69, 9.17) is 11.5 Å². The van der Waals surface area contributed by atoms with Crippen molar-refractivity contribution in [2.24, 2.45) is 5.73 Å². The predicted molar refractivity (Wildman–Crippen MR) is 81.4 cm³/mol. The van der Waals surface area contributed by atoms with Crippen LogP contribution in [-0.4, -0.2) is 11.8 Å². The van der Waals surface area contributed by atoms with Gasteiger partial charge in [-0.3, -0.25) is 9.59 Å². The number of benzene rings is 2.